The number of nitro groups is 1. The van der Waals surface area contributed by atoms with Crippen LogP contribution in [0.25, 0.3) is 0 Å². The Morgan fingerprint density at radius 1 is 1.14 bits per heavy atom. The second kappa shape index (κ2) is 9.09. The topological polar surface area (TPSA) is 149 Å². The monoisotopic (exact) mass is 397 g/mol. The van der Waals surface area contributed by atoms with Gasteiger partial charge in [0.15, 0.2) is 6.10 Å². The summed E-state index contributed by atoms with van der Waals surface area (Å²) in [4.78, 5) is 46.5. The Balaban J connectivity index is 2.16. The van der Waals surface area contributed by atoms with Gasteiger partial charge in [-0.15, -0.1) is 0 Å². The van der Waals surface area contributed by atoms with Crippen molar-refractivity contribution in [3.63, 3.8) is 0 Å². The van der Waals surface area contributed by atoms with Crippen molar-refractivity contribution in [3.05, 3.63) is 69.3 Å². The van der Waals surface area contributed by atoms with Gasteiger partial charge in [-0.3, -0.25) is 14.9 Å². The van der Waals surface area contributed by atoms with E-state index in [9.17, 15) is 24.5 Å². The number of hydrogen-bond donors (Lipinski definition) is 1. The molecule has 1 N–H and O–H groups in total. The molecule has 2 rings (SSSR count). The SMILES string of the molecule is COC(=O)c1cc(C(=O)OC(C)C(=O)Nc2cccc(C#N)c2)cc([N+](=O)[O-])c1. The molecule has 0 heterocycles. The number of esters is 2. The molecule has 0 aromatic heterocycles. The highest BCUT2D eigenvalue weighted by atomic mass is 16.6. The first-order valence-corrected chi connectivity index (χ1v) is 8.15. The highest BCUT2D eigenvalue weighted by molar-refractivity contribution is 5.99. The third-order valence-corrected chi connectivity index (χ3v) is 3.70. The van der Waals surface area contributed by atoms with Crippen molar-refractivity contribution in [2.24, 2.45) is 0 Å². The van der Waals surface area contributed by atoms with E-state index in [1.807, 2.05) is 6.07 Å². The van der Waals surface area contributed by atoms with Gasteiger partial charge >= 0.3 is 11.9 Å². The van der Waals surface area contributed by atoms with Crippen LogP contribution >= 0.6 is 0 Å². The summed E-state index contributed by atoms with van der Waals surface area (Å²) in [5.41, 5.74) is -0.338. The Bertz CT molecular complexity index is 1030. The number of methoxy groups -OCH3 is 1. The minimum absolute atomic E-state index is 0.209. The highest BCUT2D eigenvalue weighted by Gasteiger charge is 2.23. The molecule has 0 aliphatic heterocycles. The van der Waals surface area contributed by atoms with Crippen LogP contribution in [0.15, 0.2) is 42.5 Å². The van der Waals surface area contributed by atoms with E-state index in [4.69, 9.17) is 10.00 Å². The predicted octanol–water partition coefficient (Wildman–Crippen LogP) is 2.44. The summed E-state index contributed by atoms with van der Waals surface area (Å²) in [7, 11) is 1.09. The van der Waals surface area contributed by atoms with Gasteiger partial charge < -0.3 is 14.8 Å². The Labute approximate surface area is 164 Å². The van der Waals surface area contributed by atoms with Crippen LogP contribution in [0.5, 0.6) is 0 Å². The summed E-state index contributed by atoms with van der Waals surface area (Å²) in [6, 6.07) is 11.0. The molecule has 0 spiro atoms. The molecular weight excluding hydrogens is 382 g/mol. The molecule has 2 aromatic rings. The van der Waals surface area contributed by atoms with Crippen molar-refractivity contribution in [1.29, 1.82) is 5.26 Å². The quantitative estimate of drug-likeness (QED) is 0.444. The van der Waals surface area contributed by atoms with Gasteiger partial charge in [0.25, 0.3) is 11.6 Å². The number of carbonyl (C=O) groups is 3. The Morgan fingerprint density at radius 2 is 1.79 bits per heavy atom. The summed E-state index contributed by atoms with van der Waals surface area (Å²) in [5.74, 6) is -2.58. The zero-order valence-corrected chi connectivity index (χ0v) is 15.4. The van der Waals surface area contributed by atoms with Crippen LogP contribution in [0.4, 0.5) is 11.4 Å². The van der Waals surface area contributed by atoms with Gasteiger partial charge in [-0.05, 0) is 31.2 Å². The molecule has 148 valence electrons. The predicted molar refractivity (Wildman–Crippen MR) is 99.1 cm³/mol. The zero-order valence-electron chi connectivity index (χ0n) is 15.4. The van der Waals surface area contributed by atoms with Crippen molar-refractivity contribution in [2.75, 3.05) is 12.4 Å². The fraction of sp³-hybridized carbons (Fsp3) is 0.158. The lowest BCUT2D eigenvalue weighted by Gasteiger charge is -2.14. The minimum Gasteiger partial charge on any atom is -0.465 e. The van der Waals surface area contributed by atoms with Crippen LogP contribution in [0.1, 0.15) is 33.2 Å². The number of rotatable bonds is 6. The molecule has 0 saturated carbocycles. The summed E-state index contributed by atoms with van der Waals surface area (Å²) in [6.07, 6.45) is -1.26. The summed E-state index contributed by atoms with van der Waals surface area (Å²) in [5, 5.41) is 22.4. The Hall–Kier alpha value is -4.26. The van der Waals surface area contributed by atoms with Gasteiger partial charge in [-0.1, -0.05) is 6.07 Å². The van der Waals surface area contributed by atoms with Gasteiger partial charge in [0, 0.05) is 17.8 Å². The van der Waals surface area contributed by atoms with Crippen LogP contribution in [0.3, 0.4) is 0 Å². The molecule has 0 aliphatic rings. The number of nitro benzene ring substituents is 1. The van der Waals surface area contributed by atoms with E-state index in [1.54, 1.807) is 18.2 Å². The Morgan fingerprint density at radius 3 is 2.38 bits per heavy atom. The van der Waals surface area contributed by atoms with Crippen molar-refractivity contribution >= 4 is 29.2 Å². The first-order chi connectivity index (χ1) is 13.7. The molecule has 10 nitrogen and oxygen atoms in total. The number of ether oxygens (including phenoxy) is 2. The van der Waals surface area contributed by atoms with Gasteiger partial charge in [-0.25, -0.2) is 9.59 Å². The number of nitrogens with zero attached hydrogens (tertiary/aromatic N) is 2. The van der Waals surface area contributed by atoms with Crippen molar-refractivity contribution in [2.45, 2.75) is 13.0 Å². The van der Waals surface area contributed by atoms with Gasteiger partial charge in [0.1, 0.15) is 0 Å². The maximum Gasteiger partial charge on any atom is 0.339 e. The van der Waals surface area contributed by atoms with Crippen molar-refractivity contribution < 1.29 is 28.8 Å². The fourth-order valence-corrected chi connectivity index (χ4v) is 2.26. The maximum atomic E-state index is 12.3. The molecule has 1 amide bonds. The highest BCUT2D eigenvalue weighted by Crippen LogP contribution is 2.19. The van der Waals surface area contributed by atoms with Crippen LogP contribution in [-0.2, 0) is 14.3 Å². The summed E-state index contributed by atoms with van der Waals surface area (Å²) < 4.78 is 9.55. The molecule has 0 radical (unpaired) electrons. The number of non-ortho nitro benzene ring substituents is 1. The van der Waals surface area contributed by atoms with Crippen molar-refractivity contribution in [1.82, 2.24) is 0 Å². The van der Waals surface area contributed by atoms with Gasteiger partial charge in [0.05, 0.1) is 34.8 Å². The number of amides is 1. The molecule has 0 saturated heterocycles. The molecular formula is C19H15N3O7. The summed E-state index contributed by atoms with van der Waals surface area (Å²) in [6.45, 7) is 1.31. The average molecular weight is 397 g/mol. The van der Waals surface area contributed by atoms with E-state index >= 15 is 0 Å². The van der Waals surface area contributed by atoms with Crippen molar-refractivity contribution in [3.8, 4) is 6.07 Å². The third-order valence-electron chi connectivity index (χ3n) is 3.70. The van der Waals surface area contributed by atoms with E-state index in [1.165, 1.54) is 13.0 Å². The van der Waals surface area contributed by atoms with E-state index < -0.39 is 34.6 Å². The third kappa shape index (κ3) is 5.36. The number of nitriles is 1. The minimum atomic E-state index is -1.26. The summed E-state index contributed by atoms with van der Waals surface area (Å²) >= 11 is 0. The first-order valence-electron chi connectivity index (χ1n) is 8.15. The van der Waals surface area contributed by atoms with Gasteiger partial charge in [-0.2, -0.15) is 5.26 Å². The first kappa shape index (κ1) is 21.0. The van der Waals surface area contributed by atoms with E-state index in [0.29, 0.717) is 11.3 Å². The largest absolute Gasteiger partial charge is 0.465 e. The molecule has 0 aliphatic carbocycles. The van der Waals surface area contributed by atoms with E-state index in [2.05, 4.69) is 10.1 Å². The zero-order chi connectivity index (χ0) is 21.6. The van der Waals surface area contributed by atoms with Gasteiger partial charge in [0.2, 0.25) is 0 Å². The molecule has 2 aromatic carbocycles. The second-order valence-electron chi connectivity index (χ2n) is 5.75. The number of hydrogen-bond acceptors (Lipinski definition) is 8. The molecule has 0 bridgehead atoms. The molecule has 10 heteroatoms. The standard InChI is InChI=1S/C19H15N3O7/c1-11(17(23)21-15-5-3-4-12(6-15)10-20)29-19(25)14-7-13(18(24)28-2)8-16(9-14)22(26)27/h3-9,11H,1-2H3,(H,21,23). The second-order valence-corrected chi connectivity index (χ2v) is 5.75. The smallest absolute Gasteiger partial charge is 0.339 e. The van der Waals surface area contributed by atoms with Crippen LogP contribution in [0, 0.1) is 21.4 Å². The Kier molecular flexibility index (Phi) is 6.60. The molecule has 1 atom stereocenters. The van der Waals surface area contributed by atoms with Crippen LogP contribution in [-0.4, -0.2) is 36.0 Å². The molecule has 29 heavy (non-hydrogen) atoms. The van der Waals surface area contributed by atoms with Crippen LogP contribution in [0.2, 0.25) is 0 Å². The van der Waals surface area contributed by atoms with E-state index in [0.717, 1.165) is 25.3 Å². The van der Waals surface area contributed by atoms with Crippen LogP contribution < -0.4 is 5.32 Å². The number of nitrogens with one attached hydrogen (secondary N) is 1. The van der Waals surface area contributed by atoms with E-state index in [-0.39, 0.29) is 11.1 Å². The number of benzene rings is 2. The lowest BCUT2D eigenvalue weighted by molar-refractivity contribution is -0.384. The number of carbonyl (C=O) groups excluding carboxylic acids is 3. The lowest BCUT2D eigenvalue weighted by Crippen LogP contribution is -2.30. The normalized spacial score (nSPS) is 10.9. The fourth-order valence-electron chi connectivity index (χ4n) is 2.26. The average Bonchev–Trinajstić information content (AvgIpc) is 2.72. The molecule has 0 fully saturated rings. The number of anilines is 1. The maximum absolute atomic E-state index is 12.3. The lowest BCUT2D eigenvalue weighted by atomic mass is 10.1. The molecule has 1 unspecified atom stereocenters.